The molecule has 2 N–H and O–H groups in total. The van der Waals surface area contributed by atoms with Crippen molar-refractivity contribution in [2.24, 2.45) is 0 Å². The maximum absolute atomic E-state index is 10.2. The first kappa shape index (κ1) is 17.7. The second-order valence-electron chi connectivity index (χ2n) is 4.92. The SMILES string of the molecule is CC(C)(C)Cl.COc1cccc(CNCC(=O)O)c1. The van der Waals surface area contributed by atoms with Gasteiger partial charge in [-0.2, -0.15) is 0 Å². The number of halogens is 1. The molecule has 108 valence electrons. The summed E-state index contributed by atoms with van der Waals surface area (Å²) in [7, 11) is 1.60. The molecule has 0 aliphatic heterocycles. The van der Waals surface area contributed by atoms with Gasteiger partial charge in [0.05, 0.1) is 13.7 Å². The first-order valence-corrected chi connectivity index (χ1v) is 6.34. The number of benzene rings is 1. The Hall–Kier alpha value is -1.26. The van der Waals surface area contributed by atoms with Crippen LogP contribution in [-0.4, -0.2) is 29.6 Å². The second-order valence-corrected chi connectivity index (χ2v) is 6.05. The third kappa shape index (κ3) is 13.0. The van der Waals surface area contributed by atoms with Crippen LogP contribution in [-0.2, 0) is 11.3 Å². The number of alkyl halides is 1. The molecule has 0 radical (unpaired) electrons. The molecule has 4 nitrogen and oxygen atoms in total. The number of nitrogens with one attached hydrogen (secondary N) is 1. The number of rotatable bonds is 5. The van der Waals surface area contributed by atoms with E-state index in [1.54, 1.807) is 7.11 Å². The molecule has 0 unspecified atom stereocenters. The number of hydrogen-bond acceptors (Lipinski definition) is 3. The van der Waals surface area contributed by atoms with Gasteiger partial charge in [0.15, 0.2) is 0 Å². The zero-order valence-corrected chi connectivity index (χ0v) is 12.6. The van der Waals surface area contributed by atoms with Gasteiger partial charge in [-0.3, -0.25) is 4.79 Å². The van der Waals surface area contributed by atoms with Gasteiger partial charge in [-0.25, -0.2) is 0 Å². The van der Waals surface area contributed by atoms with Crippen molar-refractivity contribution in [2.75, 3.05) is 13.7 Å². The van der Waals surface area contributed by atoms with Gasteiger partial charge in [-0.1, -0.05) is 12.1 Å². The van der Waals surface area contributed by atoms with Gasteiger partial charge in [0.1, 0.15) is 5.75 Å². The predicted octanol–water partition coefficient (Wildman–Crippen LogP) is 2.89. The summed E-state index contributed by atoms with van der Waals surface area (Å²) in [6.07, 6.45) is 0. The zero-order chi connectivity index (χ0) is 14.9. The molecule has 0 aliphatic rings. The van der Waals surface area contributed by atoms with Crippen LogP contribution >= 0.6 is 11.6 Å². The molecule has 0 saturated carbocycles. The van der Waals surface area contributed by atoms with Gasteiger partial charge in [-0.15, -0.1) is 11.6 Å². The molecule has 0 heterocycles. The van der Waals surface area contributed by atoms with E-state index in [0.717, 1.165) is 11.3 Å². The molecule has 0 aromatic heterocycles. The highest BCUT2D eigenvalue weighted by atomic mass is 35.5. The van der Waals surface area contributed by atoms with Crippen molar-refractivity contribution in [2.45, 2.75) is 32.2 Å². The normalized spacial score (nSPS) is 10.4. The molecular formula is C14H22ClNO3. The molecule has 0 bridgehead atoms. The smallest absolute Gasteiger partial charge is 0.317 e. The fourth-order valence-corrected chi connectivity index (χ4v) is 1.10. The van der Waals surface area contributed by atoms with Crippen molar-refractivity contribution in [3.63, 3.8) is 0 Å². The molecule has 0 saturated heterocycles. The molecule has 19 heavy (non-hydrogen) atoms. The summed E-state index contributed by atoms with van der Waals surface area (Å²) >= 11 is 5.53. The lowest BCUT2D eigenvalue weighted by atomic mass is 10.2. The third-order valence-corrected chi connectivity index (χ3v) is 1.74. The van der Waals surface area contributed by atoms with Crippen molar-refractivity contribution in [3.05, 3.63) is 29.8 Å². The summed E-state index contributed by atoms with van der Waals surface area (Å²) in [4.78, 5) is 10.2. The minimum absolute atomic E-state index is 0.0278. The largest absolute Gasteiger partial charge is 0.497 e. The minimum Gasteiger partial charge on any atom is -0.497 e. The lowest BCUT2D eigenvalue weighted by Gasteiger charge is -2.04. The Morgan fingerprint density at radius 1 is 1.42 bits per heavy atom. The van der Waals surface area contributed by atoms with Gasteiger partial charge in [0.25, 0.3) is 0 Å². The predicted molar refractivity (Wildman–Crippen MR) is 77.9 cm³/mol. The minimum atomic E-state index is -0.854. The first-order chi connectivity index (χ1) is 8.72. The van der Waals surface area contributed by atoms with Crippen LogP contribution < -0.4 is 10.1 Å². The fraction of sp³-hybridized carbons (Fsp3) is 0.500. The Labute approximate surface area is 119 Å². The first-order valence-electron chi connectivity index (χ1n) is 5.96. The standard InChI is InChI=1S/C10H13NO3.C4H9Cl/c1-14-9-4-2-3-8(5-9)6-11-7-10(12)13;1-4(2,3)5/h2-5,11H,6-7H2,1H3,(H,12,13);1-3H3. The molecule has 0 fully saturated rings. The molecule has 1 aromatic carbocycles. The van der Waals surface area contributed by atoms with Gasteiger partial charge in [-0.05, 0) is 38.5 Å². The molecule has 0 amide bonds. The van der Waals surface area contributed by atoms with Crippen molar-refractivity contribution < 1.29 is 14.6 Å². The molecule has 0 spiro atoms. The van der Waals surface area contributed by atoms with Gasteiger partial charge < -0.3 is 15.2 Å². The number of carbonyl (C=O) groups is 1. The number of carboxylic acid groups (broad SMARTS) is 1. The lowest BCUT2D eigenvalue weighted by molar-refractivity contribution is -0.135. The van der Waals surface area contributed by atoms with Gasteiger partial charge in [0, 0.05) is 11.4 Å². The van der Waals surface area contributed by atoms with E-state index in [9.17, 15) is 4.79 Å². The summed E-state index contributed by atoms with van der Waals surface area (Å²) in [6.45, 7) is 6.36. The monoisotopic (exact) mass is 287 g/mol. The molecular weight excluding hydrogens is 266 g/mol. The summed E-state index contributed by atoms with van der Waals surface area (Å²) in [5.41, 5.74) is 1.01. The van der Waals surface area contributed by atoms with Crippen LogP contribution in [0.2, 0.25) is 0 Å². The Morgan fingerprint density at radius 3 is 2.47 bits per heavy atom. The van der Waals surface area contributed by atoms with E-state index >= 15 is 0 Å². The van der Waals surface area contributed by atoms with E-state index in [2.05, 4.69) is 5.32 Å². The molecule has 1 aromatic rings. The molecule has 1 rings (SSSR count). The highest BCUT2D eigenvalue weighted by Crippen LogP contribution is 2.11. The molecule has 0 atom stereocenters. The van der Waals surface area contributed by atoms with Crippen LogP contribution in [0.25, 0.3) is 0 Å². The van der Waals surface area contributed by atoms with Crippen LogP contribution in [0, 0.1) is 0 Å². The van der Waals surface area contributed by atoms with Crippen LogP contribution in [0.1, 0.15) is 26.3 Å². The quantitative estimate of drug-likeness (QED) is 0.818. The topological polar surface area (TPSA) is 58.6 Å². The van der Waals surface area contributed by atoms with Crippen LogP contribution in [0.15, 0.2) is 24.3 Å². The third-order valence-electron chi connectivity index (χ3n) is 1.74. The number of ether oxygens (including phenoxy) is 1. The summed E-state index contributed by atoms with van der Waals surface area (Å²) in [5.74, 6) is -0.0764. The van der Waals surface area contributed by atoms with E-state index < -0.39 is 5.97 Å². The van der Waals surface area contributed by atoms with Crippen LogP contribution in [0.4, 0.5) is 0 Å². The summed E-state index contributed by atoms with van der Waals surface area (Å²) < 4.78 is 5.04. The molecule has 5 heteroatoms. The van der Waals surface area contributed by atoms with Crippen LogP contribution in [0.5, 0.6) is 5.75 Å². The fourth-order valence-electron chi connectivity index (χ4n) is 1.10. The Morgan fingerprint density at radius 2 is 2.00 bits per heavy atom. The number of hydrogen-bond donors (Lipinski definition) is 2. The lowest BCUT2D eigenvalue weighted by Crippen LogP contribution is -2.21. The Kier molecular flexibility index (Phi) is 8.19. The van der Waals surface area contributed by atoms with Crippen molar-refractivity contribution >= 4 is 17.6 Å². The van der Waals surface area contributed by atoms with E-state index in [0.29, 0.717) is 6.54 Å². The zero-order valence-electron chi connectivity index (χ0n) is 11.9. The Balaban J connectivity index is 0.000000555. The van der Waals surface area contributed by atoms with E-state index in [-0.39, 0.29) is 11.4 Å². The number of methoxy groups -OCH3 is 1. The molecule has 0 aliphatic carbocycles. The summed E-state index contributed by atoms with van der Waals surface area (Å²) in [5, 5.41) is 11.2. The summed E-state index contributed by atoms with van der Waals surface area (Å²) in [6, 6.07) is 7.50. The van der Waals surface area contributed by atoms with E-state index in [1.807, 2.05) is 45.0 Å². The van der Waals surface area contributed by atoms with Crippen molar-refractivity contribution in [1.29, 1.82) is 0 Å². The van der Waals surface area contributed by atoms with E-state index in [4.69, 9.17) is 21.4 Å². The van der Waals surface area contributed by atoms with Crippen molar-refractivity contribution in [3.8, 4) is 5.75 Å². The highest BCUT2D eigenvalue weighted by molar-refractivity contribution is 6.23. The number of aliphatic carboxylic acids is 1. The second kappa shape index (κ2) is 8.77. The Bertz CT molecular complexity index is 383. The highest BCUT2D eigenvalue weighted by Gasteiger charge is 1.99. The maximum Gasteiger partial charge on any atom is 0.317 e. The average Bonchev–Trinajstić information content (AvgIpc) is 2.26. The van der Waals surface area contributed by atoms with Gasteiger partial charge in [0.2, 0.25) is 0 Å². The average molecular weight is 288 g/mol. The van der Waals surface area contributed by atoms with Crippen molar-refractivity contribution in [1.82, 2.24) is 5.32 Å². The number of carboxylic acids is 1. The van der Waals surface area contributed by atoms with Gasteiger partial charge >= 0.3 is 5.97 Å². The maximum atomic E-state index is 10.2. The van der Waals surface area contributed by atoms with Crippen LogP contribution in [0.3, 0.4) is 0 Å². The van der Waals surface area contributed by atoms with E-state index in [1.165, 1.54) is 0 Å².